The number of hydrogen-bond donors (Lipinski definition) is 2. The van der Waals surface area contributed by atoms with E-state index in [9.17, 15) is 4.79 Å². The van der Waals surface area contributed by atoms with Crippen molar-refractivity contribution in [2.24, 2.45) is 7.05 Å². The zero-order valence-corrected chi connectivity index (χ0v) is 11.0. The second-order valence-corrected chi connectivity index (χ2v) is 4.61. The number of aromatic nitrogens is 2. The maximum absolute atomic E-state index is 11.6. The first kappa shape index (κ1) is 13.7. The lowest BCUT2D eigenvalue weighted by Gasteiger charge is -2.15. The molecule has 0 aliphatic heterocycles. The molecule has 5 nitrogen and oxygen atoms in total. The van der Waals surface area contributed by atoms with Crippen LogP contribution >= 0.6 is 0 Å². The fourth-order valence-corrected chi connectivity index (χ4v) is 1.54. The van der Waals surface area contributed by atoms with Gasteiger partial charge in [0.05, 0.1) is 12.2 Å². The average Bonchev–Trinajstić information content (AvgIpc) is 2.63. The molecule has 1 atom stereocenters. The Bertz CT molecular complexity index is 359. The van der Waals surface area contributed by atoms with Crippen molar-refractivity contribution in [1.82, 2.24) is 20.4 Å². The number of carbonyl (C=O) groups excluding carboxylic acids is 1. The van der Waals surface area contributed by atoms with Crippen LogP contribution in [0.3, 0.4) is 0 Å². The van der Waals surface area contributed by atoms with E-state index in [1.807, 2.05) is 40.2 Å². The number of nitrogens with one attached hydrogen (secondary N) is 2. The minimum atomic E-state index is -0.158. The largest absolute Gasteiger partial charge is 0.353 e. The number of amides is 1. The Kier molecular flexibility index (Phi) is 5.15. The van der Waals surface area contributed by atoms with Gasteiger partial charge in [-0.05, 0) is 32.8 Å². The SMILES string of the molecule is CC(C)NC(=O)C(C)NCCc1cnn(C)c1. The molecule has 1 rings (SSSR count). The van der Waals surface area contributed by atoms with Crippen molar-refractivity contribution in [3.05, 3.63) is 18.0 Å². The van der Waals surface area contributed by atoms with Gasteiger partial charge in [-0.2, -0.15) is 5.10 Å². The Morgan fingerprint density at radius 2 is 2.18 bits per heavy atom. The summed E-state index contributed by atoms with van der Waals surface area (Å²) in [6.45, 7) is 6.57. The van der Waals surface area contributed by atoms with Crippen LogP contribution in [-0.2, 0) is 18.3 Å². The van der Waals surface area contributed by atoms with Gasteiger partial charge in [-0.3, -0.25) is 9.48 Å². The second-order valence-electron chi connectivity index (χ2n) is 4.61. The molecule has 1 heterocycles. The Morgan fingerprint density at radius 3 is 2.71 bits per heavy atom. The third-order valence-corrected chi connectivity index (χ3v) is 2.45. The molecule has 0 aromatic carbocycles. The molecule has 0 aliphatic rings. The average molecular weight is 238 g/mol. The molecule has 0 saturated carbocycles. The zero-order valence-electron chi connectivity index (χ0n) is 11.0. The number of aryl methyl sites for hydroxylation is 1. The summed E-state index contributed by atoms with van der Waals surface area (Å²) in [5, 5.41) is 10.2. The maximum Gasteiger partial charge on any atom is 0.237 e. The summed E-state index contributed by atoms with van der Waals surface area (Å²) in [4.78, 5) is 11.6. The van der Waals surface area contributed by atoms with Gasteiger partial charge in [0.25, 0.3) is 0 Å². The summed E-state index contributed by atoms with van der Waals surface area (Å²) in [6.07, 6.45) is 4.72. The monoisotopic (exact) mass is 238 g/mol. The normalized spacial score (nSPS) is 12.8. The van der Waals surface area contributed by atoms with Crippen molar-refractivity contribution in [1.29, 1.82) is 0 Å². The van der Waals surface area contributed by atoms with Gasteiger partial charge in [-0.25, -0.2) is 0 Å². The number of hydrogen-bond acceptors (Lipinski definition) is 3. The number of carbonyl (C=O) groups is 1. The van der Waals surface area contributed by atoms with Gasteiger partial charge in [0.1, 0.15) is 0 Å². The number of rotatable bonds is 6. The molecule has 0 fully saturated rings. The smallest absolute Gasteiger partial charge is 0.237 e. The third kappa shape index (κ3) is 4.99. The Labute approximate surface area is 103 Å². The molecule has 17 heavy (non-hydrogen) atoms. The molecule has 1 aromatic heterocycles. The highest BCUT2D eigenvalue weighted by Crippen LogP contribution is 1.96. The van der Waals surface area contributed by atoms with Crippen LogP contribution in [0.5, 0.6) is 0 Å². The van der Waals surface area contributed by atoms with E-state index in [1.165, 1.54) is 5.56 Å². The van der Waals surface area contributed by atoms with Crippen LogP contribution in [0.25, 0.3) is 0 Å². The Morgan fingerprint density at radius 1 is 1.47 bits per heavy atom. The fraction of sp³-hybridized carbons (Fsp3) is 0.667. The van der Waals surface area contributed by atoms with Crippen LogP contribution < -0.4 is 10.6 Å². The highest BCUT2D eigenvalue weighted by Gasteiger charge is 2.12. The number of nitrogens with zero attached hydrogens (tertiary/aromatic N) is 2. The van der Waals surface area contributed by atoms with E-state index in [2.05, 4.69) is 15.7 Å². The minimum absolute atomic E-state index is 0.0474. The molecule has 1 unspecified atom stereocenters. The molecule has 5 heteroatoms. The van der Waals surface area contributed by atoms with E-state index in [-0.39, 0.29) is 18.0 Å². The predicted molar refractivity (Wildman–Crippen MR) is 67.7 cm³/mol. The van der Waals surface area contributed by atoms with Gasteiger partial charge in [0.15, 0.2) is 0 Å². The molecule has 0 saturated heterocycles. The van der Waals surface area contributed by atoms with Gasteiger partial charge in [0, 0.05) is 25.8 Å². The predicted octanol–water partition coefficient (Wildman–Crippen LogP) is 0.465. The molecule has 0 radical (unpaired) electrons. The first-order valence-corrected chi connectivity index (χ1v) is 6.00. The van der Waals surface area contributed by atoms with E-state index >= 15 is 0 Å². The maximum atomic E-state index is 11.6. The molecule has 0 aliphatic carbocycles. The van der Waals surface area contributed by atoms with Gasteiger partial charge in [-0.1, -0.05) is 0 Å². The van der Waals surface area contributed by atoms with Crippen molar-refractivity contribution >= 4 is 5.91 Å². The summed E-state index contributed by atoms with van der Waals surface area (Å²) in [7, 11) is 1.90. The minimum Gasteiger partial charge on any atom is -0.353 e. The topological polar surface area (TPSA) is 59.0 Å². The first-order valence-electron chi connectivity index (χ1n) is 6.00. The Hall–Kier alpha value is -1.36. The van der Waals surface area contributed by atoms with E-state index in [1.54, 1.807) is 4.68 Å². The standard InChI is InChI=1S/C12H22N4O/c1-9(2)15-12(17)10(3)13-6-5-11-7-14-16(4)8-11/h7-10,13H,5-6H2,1-4H3,(H,15,17). The molecular formula is C12H22N4O. The highest BCUT2D eigenvalue weighted by atomic mass is 16.2. The van der Waals surface area contributed by atoms with Crippen molar-refractivity contribution in [3.8, 4) is 0 Å². The van der Waals surface area contributed by atoms with Crippen LogP contribution in [0.1, 0.15) is 26.3 Å². The summed E-state index contributed by atoms with van der Waals surface area (Å²) >= 11 is 0. The lowest BCUT2D eigenvalue weighted by molar-refractivity contribution is -0.123. The van der Waals surface area contributed by atoms with Crippen molar-refractivity contribution in [2.45, 2.75) is 39.3 Å². The van der Waals surface area contributed by atoms with Crippen LogP contribution in [0.4, 0.5) is 0 Å². The quantitative estimate of drug-likeness (QED) is 0.757. The van der Waals surface area contributed by atoms with Crippen LogP contribution in [0, 0.1) is 0 Å². The van der Waals surface area contributed by atoms with Crippen molar-refractivity contribution in [2.75, 3.05) is 6.54 Å². The highest BCUT2D eigenvalue weighted by molar-refractivity contribution is 5.81. The van der Waals surface area contributed by atoms with Crippen LogP contribution in [0.2, 0.25) is 0 Å². The fourth-order valence-electron chi connectivity index (χ4n) is 1.54. The summed E-state index contributed by atoms with van der Waals surface area (Å²) in [6, 6.07) is 0.0270. The van der Waals surface area contributed by atoms with E-state index in [4.69, 9.17) is 0 Å². The van der Waals surface area contributed by atoms with E-state index < -0.39 is 0 Å². The van der Waals surface area contributed by atoms with Crippen LogP contribution in [0.15, 0.2) is 12.4 Å². The van der Waals surface area contributed by atoms with Gasteiger partial charge in [0.2, 0.25) is 5.91 Å². The van der Waals surface area contributed by atoms with E-state index in [0.29, 0.717) is 0 Å². The van der Waals surface area contributed by atoms with Gasteiger partial charge < -0.3 is 10.6 Å². The first-order chi connectivity index (χ1) is 7.99. The van der Waals surface area contributed by atoms with E-state index in [0.717, 1.165) is 13.0 Å². The lowest BCUT2D eigenvalue weighted by atomic mass is 10.2. The molecule has 2 N–H and O–H groups in total. The summed E-state index contributed by atoms with van der Waals surface area (Å²) in [5.74, 6) is 0.0474. The van der Waals surface area contributed by atoms with Crippen LogP contribution in [-0.4, -0.2) is 34.3 Å². The van der Waals surface area contributed by atoms with Crippen molar-refractivity contribution < 1.29 is 4.79 Å². The molecule has 0 spiro atoms. The van der Waals surface area contributed by atoms with Crippen molar-refractivity contribution in [3.63, 3.8) is 0 Å². The molecular weight excluding hydrogens is 216 g/mol. The molecule has 1 amide bonds. The third-order valence-electron chi connectivity index (χ3n) is 2.45. The Balaban J connectivity index is 2.24. The molecule has 96 valence electrons. The zero-order chi connectivity index (χ0) is 12.8. The van der Waals surface area contributed by atoms with Gasteiger partial charge in [-0.15, -0.1) is 0 Å². The molecule has 1 aromatic rings. The second kappa shape index (κ2) is 6.39. The summed E-state index contributed by atoms with van der Waals surface area (Å²) < 4.78 is 1.78. The summed E-state index contributed by atoms with van der Waals surface area (Å²) in [5.41, 5.74) is 1.18. The molecule has 0 bridgehead atoms. The van der Waals surface area contributed by atoms with Gasteiger partial charge >= 0.3 is 0 Å². The lowest BCUT2D eigenvalue weighted by Crippen LogP contribution is -2.45.